The Labute approximate surface area is 177 Å². The van der Waals surface area contributed by atoms with E-state index in [-0.39, 0.29) is 35.5 Å². The third-order valence-corrected chi connectivity index (χ3v) is 7.61. The number of hydrogen-bond donors (Lipinski definition) is 5. The molecule has 0 radical (unpaired) electrons. The van der Waals surface area contributed by atoms with Crippen LogP contribution in [-0.4, -0.2) is 97.6 Å². The van der Waals surface area contributed by atoms with E-state index in [0.717, 1.165) is 26.1 Å². The maximum atomic E-state index is 13.2. The molecule has 10 heteroatoms. The number of fused-ring (bicyclic) bond motifs is 4. The zero-order valence-corrected chi connectivity index (χ0v) is 17.6. The Kier molecular flexibility index (Phi) is 6.01. The highest BCUT2D eigenvalue weighted by molar-refractivity contribution is 6.21. The molecule has 6 N–H and O–H groups in total. The lowest BCUT2D eigenvalue weighted by molar-refractivity contribution is -0.135. The first-order valence-electron chi connectivity index (χ1n) is 11.1. The Morgan fingerprint density at radius 1 is 1.14 bits per heavy atom. The second-order valence-corrected chi connectivity index (χ2v) is 9.86. The highest BCUT2D eigenvalue weighted by atomic mass is 35.5. The van der Waals surface area contributed by atoms with Crippen LogP contribution in [0.25, 0.3) is 0 Å². The van der Waals surface area contributed by atoms with Gasteiger partial charge >= 0.3 is 0 Å². The van der Waals surface area contributed by atoms with E-state index < -0.39 is 6.17 Å². The first-order chi connectivity index (χ1) is 14.1. The average molecular weight is 428 g/mol. The van der Waals surface area contributed by atoms with Gasteiger partial charge in [0.25, 0.3) is 0 Å². The summed E-state index contributed by atoms with van der Waals surface area (Å²) in [5.74, 6) is 0.287. The topological polar surface area (TPSA) is 107 Å². The summed E-state index contributed by atoms with van der Waals surface area (Å²) in [4.78, 5) is 15.7. The number of halogens is 1. The van der Waals surface area contributed by atoms with Crippen molar-refractivity contribution in [3.05, 3.63) is 0 Å². The molecule has 6 aliphatic heterocycles. The predicted molar refractivity (Wildman–Crippen MR) is 110 cm³/mol. The third-order valence-electron chi connectivity index (χ3n) is 7.32. The minimum Gasteiger partial charge on any atom is -0.371 e. The van der Waals surface area contributed by atoms with Crippen LogP contribution in [0.4, 0.5) is 0 Å². The lowest BCUT2D eigenvalue weighted by Gasteiger charge is -2.47. The van der Waals surface area contributed by atoms with Gasteiger partial charge in [0.2, 0.25) is 5.91 Å². The van der Waals surface area contributed by atoms with Crippen LogP contribution in [0, 0.1) is 11.8 Å². The fraction of sp³-hybridized carbons (Fsp3) is 0.947. The lowest BCUT2D eigenvalue weighted by atomic mass is 9.85. The molecule has 6 rings (SSSR count). The van der Waals surface area contributed by atoms with Gasteiger partial charge in [0, 0.05) is 26.2 Å². The Hall–Kier alpha value is -0.520. The molecule has 6 aliphatic rings. The molecule has 7 atom stereocenters. The van der Waals surface area contributed by atoms with Gasteiger partial charge in [-0.05, 0) is 44.8 Å². The molecule has 1 amide bonds. The van der Waals surface area contributed by atoms with Crippen molar-refractivity contribution < 1.29 is 9.53 Å². The number of hydrazine groups is 1. The molecule has 6 heterocycles. The van der Waals surface area contributed by atoms with Crippen LogP contribution in [0.3, 0.4) is 0 Å². The minimum absolute atomic E-state index is 0.00894. The second kappa shape index (κ2) is 8.55. The fourth-order valence-electron chi connectivity index (χ4n) is 5.69. The van der Waals surface area contributed by atoms with Gasteiger partial charge in [-0.1, -0.05) is 0 Å². The summed E-state index contributed by atoms with van der Waals surface area (Å²) in [7, 11) is 0. The normalized spacial score (nSPS) is 47.7. The SMILES string of the molecule is NC1NN2CC(Cl)CNC2C1C(=O)NC1CNCCC1OC1CN2CCC1CC2. The van der Waals surface area contributed by atoms with Crippen molar-refractivity contribution in [2.75, 3.05) is 45.8 Å². The third kappa shape index (κ3) is 4.16. The molecule has 0 saturated carbocycles. The number of amides is 1. The highest BCUT2D eigenvalue weighted by Crippen LogP contribution is 2.31. The number of carbonyl (C=O) groups excluding carboxylic acids is 1. The zero-order valence-electron chi connectivity index (χ0n) is 16.9. The van der Waals surface area contributed by atoms with Crippen molar-refractivity contribution in [3.8, 4) is 0 Å². The minimum atomic E-state index is -0.424. The van der Waals surface area contributed by atoms with Crippen molar-refractivity contribution in [1.29, 1.82) is 0 Å². The number of ether oxygens (including phenoxy) is 1. The number of nitrogens with two attached hydrogens (primary N) is 1. The standard InChI is InChI=1S/C19H34ClN7O2/c20-12-7-23-18-16(17(21)25-27(18)9-12)19(28)24-13-8-22-4-1-14(13)29-15-10-26-5-2-11(15)3-6-26/h11-18,22-23,25H,1-10,21H2,(H,24,28). The average Bonchev–Trinajstić information content (AvgIpc) is 3.05. The Bertz CT molecular complexity index is 605. The Morgan fingerprint density at radius 3 is 2.72 bits per heavy atom. The molecule has 164 valence electrons. The van der Waals surface area contributed by atoms with Crippen molar-refractivity contribution in [1.82, 2.24) is 31.3 Å². The number of nitrogens with zero attached hydrogens (tertiary/aromatic N) is 2. The molecule has 0 aliphatic carbocycles. The molecular formula is C19H34ClN7O2. The second-order valence-electron chi connectivity index (χ2n) is 9.24. The van der Waals surface area contributed by atoms with Crippen molar-refractivity contribution >= 4 is 17.5 Å². The molecule has 0 spiro atoms. The predicted octanol–water partition coefficient (Wildman–Crippen LogP) is -1.80. The Morgan fingerprint density at radius 2 is 1.97 bits per heavy atom. The maximum absolute atomic E-state index is 13.2. The summed E-state index contributed by atoms with van der Waals surface area (Å²) in [6, 6.07) is -0.0303. The quantitative estimate of drug-likeness (QED) is 0.335. The van der Waals surface area contributed by atoms with E-state index in [2.05, 4.69) is 26.3 Å². The molecule has 0 aromatic carbocycles. The highest BCUT2D eigenvalue weighted by Gasteiger charge is 2.47. The molecule has 29 heavy (non-hydrogen) atoms. The van der Waals surface area contributed by atoms with Gasteiger partial charge in [0.05, 0.1) is 41.9 Å². The van der Waals surface area contributed by atoms with Gasteiger partial charge in [-0.25, -0.2) is 10.4 Å². The molecule has 6 saturated heterocycles. The van der Waals surface area contributed by atoms with E-state index in [1.165, 1.54) is 25.9 Å². The summed E-state index contributed by atoms with van der Waals surface area (Å²) in [6.07, 6.45) is 3.20. The number of carbonyl (C=O) groups is 1. The van der Waals surface area contributed by atoms with Crippen LogP contribution < -0.4 is 27.1 Å². The zero-order chi connectivity index (χ0) is 20.0. The summed E-state index contributed by atoms with van der Waals surface area (Å²) in [5.41, 5.74) is 9.47. The number of nitrogens with one attached hydrogen (secondary N) is 4. The molecule has 0 aromatic heterocycles. The molecular weight excluding hydrogens is 394 g/mol. The van der Waals surface area contributed by atoms with Gasteiger partial charge in [-0.15, -0.1) is 11.6 Å². The Balaban J connectivity index is 1.22. The van der Waals surface area contributed by atoms with Gasteiger partial charge in [0.15, 0.2) is 0 Å². The van der Waals surface area contributed by atoms with Crippen LogP contribution in [0.15, 0.2) is 0 Å². The van der Waals surface area contributed by atoms with Crippen molar-refractivity contribution in [2.45, 2.75) is 55.2 Å². The van der Waals surface area contributed by atoms with E-state index in [1.54, 1.807) is 0 Å². The monoisotopic (exact) mass is 427 g/mol. The first kappa shape index (κ1) is 20.4. The summed E-state index contributed by atoms with van der Waals surface area (Å²) < 4.78 is 6.60. The van der Waals surface area contributed by atoms with Crippen LogP contribution in [0.2, 0.25) is 0 Å². The molecule has 6 fully saturated rings. The number of piperidine rings is 4. The smallest absolute Gasteiger partial charge is 0.229 e. The number of alkyl halides is 1. The van der Waals surface area contributed by atoms with Crippen molar-refractivity contribution in [2.24, 2.45) is 17.6 Å². The molecule has 7 unspecified atom stereocenters. The molecule has 0 aromatic rings. The lowest BCUT2D eigenvalue weighted by Crippen LogP contribution is -2.62. The van der Waals surface area contributed by atoms with E-state index >= 15 is 0 Å². The van der Waals surface area contributed by atoms with Gasteiger partial charge in [-0.3, -0.25) is 10.1 Å². The number of hydrogen-bond acceptors (Lipinski definition) is 8. The summed E-state index contributed by atoms with van der Waals surface area (Å²) in [6.45, 7) is 6.46. The van der Waals surface area contributed by atoms with Crippen LogP contribution in [0.1, 0.15) is 19.3 Å². The van der Waals surface area contributed by atoms with Gasteiger partial charge < -0.3 is 26.0 Å². The largest absolute Gasteiger partial charge is 0.371 e. The maximum Gasteiger partial charge on any atom is 0.229 e. The molecule has 2 bridgehead atoms. The first-order valence-corrected chi connectivity index (χ1v) is 11.6. The summed E-state index contributed by atoms with van der Waals surface area (Å²) >= 11 is 6.24. The molecule has 9 nitrogen and oxygen atoms in total. The van der Waals surface area contributed by atoms with Gasteiger partial charge in [-0.2, -0.15) is 0 Å². The van der Waals surface area contributed by atoms with Crippen LogP contribution in [-0.2, 0) is 9.53 Å². The van der Waals surface area contributed by atoms with E-state index in [1.807, 2.05) is 5.01 Å². The van der Waals surface area contributed by atoms with E-state index in [9.17, 15) is 4.79 Å². The summed E-state index contributed by atoms with van der Waals surface area (Å²) in [5, 5.41) is 12.0. The van der Waals surface area contributed by atoms with Crippen molar-refractivity contribution in [3.63, 3.8) is 0 Å². The van der Waals surface area contributed by atoms with E-state index in [4.69, 9.17) is 22.1 Å². The number of rotatable bonds is 4. The van der Waals surface area contributed by atoms with Crippen LogP contribution >= 0.6 is 11.6 Å². The fourth-order valence-corrected chi connectivity index (χ4v) is 5.93. The van der Waals surface area contributed by atoms with Crippen LogP contribution in [0.5, 0.6) is 0 Å². The van der Waals surface area contributed by atoms with E-state index in [0.29, 0.717) is 25.1 Å². The van der Waals surface area contributed by atoms with Gasteiger partial charge in [0.1, 0.15) is 0 Å².